The number of aryl methyl sites for hydroxylation is 1. The van der Waals surface area contributed by atoms with Gasteiger partial charge in [0.2, 0.25) is 0 Å². The maximum absolute atomic E-state index is 5.59. The van der Waals surface area contributed by atoms with Crippen molar-refractivity contribution >= 4 is 0 Å². The summed E-state index contributed by atoms with van der Waals surface area (Å²) in [5.74, 6) is -0.259. The minimum atomic E-state index is -1.02. The molecule has 0 aliphatic heterocycles. The molecule has 0 bridgehead atoms. The molecule has 0 aromatic heterocycles. The van der Waals surface area contributed by atoms with Crippen LogP contribution in [-0.2, 0) is 9.47 Å². The number of hydrogen-bond acceptors (Lipinski definition) is 3. The Kier molecular flexibility index (Phi) is 3.49. The summed E-state index contributed by atoms with van der Waals surface area (Å²) in [5, 5.41) is 0. The van der Waals surface area contributed by atoms with E-state index in [9.17, 15) is 0 Å². The fourth-order valence-electron chi connectivity index (χ4n) is 1.04. The van der Waals surface area contributed by atoms with Crippen molar-refractivity contribution in [2.75, 3.05) is 14.2 Å². The first-order valence-electron chi connectivity index (χ1n) is 4.46. The van der Waals surface area contributed by atoms with Crippen molar-refractivity contribution in [3.05, 3.63) is 29.8 Å². The average Bonchev–Trinajstić information content (AvgIpc) is 2.21. The van der Waals surface area contributed by atoms with Crippen LogP contribution in [0.5, 0.6) is 5.75 Å². The number of hydrogen-bond donors (Lipinski definition) is 0. The van der Waals surface area contributed by atoms with Crippen LogP contribution in [0.4, 0.5) is 0 Å². The highest BCUT2D eigenvalue weighted by molar-refractivity contribution is 5.31. The van der Waals surface area contributed by atoms with Crippen LogP contribution >= 0.6 is 0 Å². The fraction of sp³-hybridized carbons (Fsp3) is 0.455. The average molecular weight is 196 g/mol. The third-order valence-corrected chi connectivity index (χ3v) is 2.13. The predicted molar refractivity (Wildman–Crippen MR) is 54.2 cm³/mol. The standard InChI is InChI=1S/C11H16O3/c1-9-7-5-6-8-10(9)14-11(2,12-3)13-4/h5-8H,1-4H3. The highest BCUT2D eigenvalue weighted by Gasteiger charge is 2.25. The lowest BCUT2D eigenvalue weighted by atomic mass is 10.2. The molecule has 0 saturated heterocycles. The van der Waals surface area contributed by atoms with Gasteiger partial charge in [0.25, 0.3) is 0 Å². The van der Waals surface area contributed by atoms with Crippen molar-refractivity contribution in [3.63, 3.8) is 0 Å². The quantitative estimate of drug-likeness (QED) is 0.692. The zero-order valence-electron chi connectivity index (χ0n) is 9.03. The van der Waals surface area contributed by atoms with Crippen LogP contribution in [0.1, 0.15) is 12.5 Å². The molecule has 14 heavy (non-hydrogen) atoms. The summed E-state index contributed by atoms with van der Waals surface area (Å²) in [6.07, 6.45) is 0. The van der Waals surface area contributed by atoms with Gasteiger partial charge >= 0.3 is 5.97 Å². The van der Waals surface area contributed by atoms with E-state index in [1.807, 2.05) is 31.2 Å². The molecule has 0 amide bonds. The Morgan fingerprint density at radius 2 is 1.64 bits per heavy atom. The molecular formula is C11H16O3. The minimum Gasteiger partial charge on any atom is -0.439 e. The summed E-state index contributed by atoms with van der Waals surface area (Å²) >= 11 is 0. The summed E-state index contributed by atoms with van der Waals surface area (Å²) in [4.78, 5) is 0. The van der Waals surface area contributed by atoms with Crippen LogP contribution in [0.15, 0.2) is 24.3 Å². The van der Waals surface area contributed by atoms with E-state index in [1.54, 1.807) is 21.1 Å². The van der Waals surface area contributed by atoms with Crippen LogP contribution in [0.25, 0.3) is 0 Å². The van der Waals surface area contributed by atoms with E-state index in [0.29, 0.717) is 0 Å². The van der Waals surface area contributed by atoms with Crippen LogP contribution in [-0.4, -0.2) is 20.2 Å². The molecule has 1 aromatic carbocycles. The summed E-state index contributed by atoms with van der Waals surface area (Å²) in [6, 6.07) is 7.72. The largest absolute Gasteiger partial charge is 0.439 e. The highest BCUT2D eigenvalue weighted by atomic mass is 16.9. The van der Waals surface area contributed by atoms with Gasteiger partial charge in [0.1, 0.15) is 5.75 Å². The van der Waals surface area contributed by atoms with Gasteiger partial charge in [-0.2, -0.15) is 0 Å². The second kappa shape index (κ2) is 4.44. The highest BCUT2D eigenvalue weighted by Crippen LogP contribution is 2.23. The lowest BCUT2D eigenvalue weighted by molar-refractivity contribution is -0.309. The molecule has 0 unspecified atom stereocenters. The first kappa shape index (κ1) is 11.0. The third kappa shape index (κ3) is 2.47. The lowest BCUT2D eigenvalue weighted by Gasteiger charge is -2.27. The Morgan fingerprint density at radius 3 is 2.14 bits per heavy atom. The maximum Gasteiger partial charge on any atom is 0.323 e. The monoisotopic (exact) mass is 196 g/mol. The maximum atomic E-state index is 5.59. The van der Waals surface area contributed by atoms with Gasteiger partial charge in [-0.15, -0.1) is 0 Å². The van der Waals surface area contributed by atoms with Gasteiger partial charge < -0.3 is 14.2 Å². The number of rotatable bonds is 4. The van der Waals surface area contributed by atoms with E-state index in [1.165, 1.54) is 0 Å². The Bertz CT molecular complexity index is 292. The van der Waals surface area contributed by atoms with Crippen molar-refractivity contribution in [1.29, 1.82) is 0 Å². The van der Waals surface area contributed by atoms with Crippen LogP contribution in [0.3, 0.4) is 0 Å². The molecule has 0 saturated carbocycles. The van der Waals surface area contributed by atoms with Gasteiger partial charge in [-0.3, -0.25) is 0 Å². The SMILES string of the molecule is COC(C)(OC)Oc1ccccc1C. The van der Waals surface area contributed by atoms with E-state index in [0.717, 1.165) is 11.3 Å². The molecule has 0 heterocycles. The molecule has 0 spiro atoms. The number of para-hydroxylation sites is 1. The Hall–Kier alpha value is -1.06. The van der Waals surface area contributed by atoms with Gasteiger partial charge in [0.15, 0.2) is 0 Å². The van der Waals surface area contributed by atoms with Crippen molar-refractivity contribution in [1.82, 2.24) is 0 Å². The summed E-state index contributed by atoms with van der Waals surface area (Å²) in [5.41, 5.74) is 1.05. The summed E-state index contributed by atoms with van der Waals surface area (Å²) in [6.45, 7) is 3.69. The van der Waals surface area contributed by atoms with Crippen LogP contribution < -0.4 is 4.74 Å². The molecule has 78 valence electrons. The van der Waals surface area contributed by atoms with Crippen molar-refractivity contribution in [2.24, 2.45) is 0 Å². The molecule has 1 rings (SSSR count). The van der Waals surface area contributed by atoms with E-state index in [4.69, 9.17) is 14.2 Å². The van der Waals surface area contributed by atoms with Gasteiger partial charge in [0, 0.05) is 21.1 Å². The molecule has 3 heteroatoms. The molecule has 0 N–H and O–H groups in total. The number of methoxy groups -OCH3 is 2. The Labute approximate surface area is 84.6 Å². The zero-order chi connectivity index (χ0) is 10.6. The molecule has 0 aliphatic rings. The molecule has 3 nitrogen and oxygen atoms in total. The van der Waals surface area contributed by atoms with E-state index in [-0.39, 0.29) is 0 Å². The summed E-state index contributed by atoms with van der Waals surface area (Å²) < 4.78 is 15.8. The molecule has 0 fully saturated rings. The minimum absolute atomic E-state index is 0.763. The predicted octanol–water partition coefficient (Wildman–Crippen LogP) is 2.34. The number of ether oxygens (including phenoxy) is 3. The molecule has 0 atom stereocenters. The van der Waals surface area contributed by atoms with Crippen molar-refractivity contribution in [3.8, 4) is 5.75 Å². The molecule has 1 aromatic rings. The lowest BCUT2D eigenvalue weighted by Crippen LogP contribution is -2.36. The van der Waals surface area contributed by atoms with Gasteiger partial charge in [-0.05, 0) is 18.6 Å². The Morgan fingerprint density at radius 1 is 1.07 bits per heavy atom. The van der Waals surface area contributed by atoms with Gasteiger partial charge in [0.05, 0.1) is 0 Å². The smallest absolute Gasteiger partial charge is 0.323 e. The summed E-state index contributed by atoms with van der Waals surface area (Å²) in [7, 11) is 3.09. The van der Waals surface area contributed by atoms with E-state index in [2.05, 4.69) is 0 Å². The topological polar surface area (TPSA) is 27.7 Å². The van der Waals surface area contributed by atoms with Crippen LogP contribution in [0.2, 0.25) is 0 Å². The van der Waals surface area contributed by atoms with Crippen molar-refractivity contribution in [2.45, 2.75) is 19.8 Å². The van der Waals surface area contributed by atoms with E-state index < -0.39 is 5.97 Å². The second-order valence-electron chi connectivity index (χ2n) is 3.14. The molecular weight excluding hydrogens is 180 g/mol. The zero-order valence-corrected chi connectivity index (χ0v) is 9.03. The normalized spacial score (nSPS) is 11.4. The third-order valence-electron chi connectivity index (χ3n) is 2.13. The molecule has 0 radical (unpaired) electrons. The number of benzene rings is 1. The second-order valence-corrected chi connectivity index (χ2v) is 3.14. The van der Waals surface area contributed by atoms with Crippen LogP contribution in [0, 0.1) is 6.92 Å². The first-order valence-corrected chi connectivity index (χ1v) is 4.46. The molecule has 0 aliphatic carbocycles. The van der Waals surface area contributed by atoms with Gasteiger partial charge in [-0.1, -0.05) is 18.2 Å². The fourth-order valence-corrected chi connectivity index (χ4v) is 1.04. The first-order chi connectivity index (χ1) is 6.61. The van der Waals surface area contributed by atoms with Gasteiger partial charge in [-0.25, -0.2) is 0 Å². The Balaban J connectivity index is 2.82. The van der Waals surface area contributed by atoms with Crippen molar-refractivity contribution < 1.29 is 14.2 Å². The van der Waals surface area contributed by atoms with E-state index >= 15 is 0 Å².